The van der Waals surface area contributed by atoms with E-state index in [2.05, 4.69) is 0 Å². The largest absolute Gasteiger partial charge is 0.460 e. The lowest BCUT2D eigenvalue weighted by molar-refractivity contribution is -0.168. The summed E-state index contributed by atoms with van der Waals surface area (Å²) in [6.07, 6.45) is 4.69. The molecule has 3 atom stereocenters. The first-order chi connectivity index (χ1) is 8.36. The number of hydrogen-bond donors (Lipinski definition) is 0. The second-order valence-electron chi connectivity index (χ2n) is 6.53. The van der Waals surface area contributed by atoms with Crippen LogP contribution in [0, 0.1) is 17.3 Å². The zero-order valence-corrected chi connectivity index (χ0v) is 11.4. The lowest BCUT2D eigenvalue weighted by atomic mass is 9.97. The molecule has 0 heterocycles. The van der Waals surface area contributed by atoms with Gasteiger partial charge in [0.05, 0.1) is 5.41 Å². The highest BCUT2D eigenvalue weighted by Gasteiger charge is 2.41. The SMILES string of the molecule is CC(C)(C)C(=O)OCC(=O)OC1CC2CCC1C2. The smallest absolute Gasteiger partial charge is 0.344 e. The van der Waals surface area contributed by atoms with Gasteiger partial charge in [0, 0.05) is 0 Å². The lowest BCUT2D eigenvalue weighted by Gasteiger charge is -2.22. The van der Waals surface area contributed by atoms with E-state index in [9.17, 15) is 9.59 Å². The minimum Gasteiger partial charge on any atom is -0.460 e. The van der Waals surface area contributed by atoms with Gasteiger partial charge in [0.2, 0.25) is 0 Å². The molecule has 2 saturated carbocycles. The van der Waals surface area contributed by atoms with Crippen LogP contribution in [0.3, 0.4) is 0 Å². The molecule has 0 saturated heterocycles. The van der Waals surface area contributed by atoms with Crippen LogP contribution in [0.2, 0.25) is 0 Å². The van der Waals surface area contributed by atoms with Crippen molar-refractivity contribution in [1.82, 2.24) is 0 Å². The third-order valence-electron chi connectivity index (χ3n) is 3.89. The predicted octanol–water partition coefficient (Wildman–Crippen LogP) is 2.31. The van der Waals surface area contributed by atoms with E-state index in [1.165, 1.54) is 19.3 Å². The molecule has 0 spiro atoms. The van der Waals surface area contributed by atoms with Crippen molar-refractivity contribution in [1.29, 1.82) is 0 Å². The first-order valence-electron chi connectivity index (χ1n) is 6.73. The number of fused-ring (bicyclic) bond motifs is 2. The molecule has 2 rings (SSSR count). The van der Waals surface area contributed by atoms with Crippen LogP contribution in [0.25, 0.3) is 0 Å². The van der Waals surface area contributed by atoms with Crippen LogP contribution in [0.4, 0.5) is 0 Å². The Balaban J connectivity index is 1.71. The molecule has 2 aliphatic carbocycles. The van der Waals surface area contributed by atoms with Crippen molar-refractivity contribution in [3.63, 3.8) is 0 Å². The fourth-order valence-electron chi connectivity index (χ4n) is 2.87. The Morgan fingerprint density at radius 3 is 2.39 bits per heavy atom. The molecule has 3 unspecified atom stereocenters. The standard InChI is InChI=1S/C14H22O4/c1-14(2,3)13(16)17-8-12(15)18-11-7-9-4-5-10(11)6-9/h9-11H,4-8H2,1-3H3. The predicted molar refractivity (Wildman–Crippen MR) is 65.7 cm³/mol. The van der Waals surface area contributed by atoms with Crippen molar-refractivity contribution in [2.24, 2.45) is 17.3 Å². The number of ether oxygens (including phenoxy) is 2. The first-order valence-corrected chi connectivity index (χ1v) is 6.73. The van der Waals surface area contributed by atoms with Crippen LogP contribution in [-0.2, 0) is 19.1 Å². The van der Waals surface area contributed by atoms with Crippen molar-refractivity contribution >= 4 is 11.9 Å². The van der Waals surface area contributed by atoms with Crippen LogP contribution in [0.1, 0.15) is 46.5 Å². The average molecular weight is 254 g/mol. The maximum atomic E-state index is 11.6. The van der Waals surface area contributed by atoms with Gasteiger partial charge >= 0.3 is 11.9 Å². The molecule has 18 heavy (non-hydrogen) atoms. The highest BCUT2D eigenvalue weighted by molar-refractivity contribution is 5.79. The molecular formula is C14H22O4. The summed E-state index contributed by atoms with van der Waals surface area (Å²) in [5, 5.41) is 0. The molecule has 2 bridgehead atoms. The van der Waals surface area contributed by atoms with E-state index in [1.54, 1.807) is 20.8 Å². The summed E-state index contributed by atoms with van der Waals surface area (Å²) >= 11 is 0. The van der Waals surface area contributed by atoms with Gasteiger partial charge in [-0.05, 0) is 58.3 Å². The molecular weight excluding hydrogens is 232 g/mol. The van der Waals surface area contributed by atoms with Crippen molar-refractivity contribution < 1.29 is 19.1 Å². The minimum absolute atomic E-state index is 0.0598. The van der Waals surface area contributed by atoms with E-state index in [-0.39, 0.29) is 18.7 Å². The maximum Gasteiger partial charge on any atom is 0.344 e. The molecule has 2 fully saturated rings. The lowest BCUT2D eigenvalue weighted by Crippen LogP contribution is -2.29. The quantitative estimate of drug-likeness (QED) is 0.725. The molecule has 0 aliphatic heterocycles. The van der Waals surface area contributed by atoms with E-state index >= 15 is 0 Å². The van der Waals surface area contributed by atoms with E-state index in [1.807, 2.05) is 0 Å². The monoisotopic (exact) mass is 254 g/mol. The van der Waals surface area contributed by atoms with Gasteiger partial charge in [-0.1, -0.05) is 0 Å². The summed E-state index contributed by atoms with van der Waals surface area (Å²) in [5.41, 5.74) is -0.577. The molecule has 4 heteroatoms. The Bertz CT molecular complexity index is 342. The Morgan fingerprint density at radius 1 is 1.17 bits per heavy atom. The molecule has 0 aromatic carbocycles. The number of hydrogen-bond acceptors (Lipinski definition) is 4. The summed E-state index contributed by atoms with van der Waals surface area (Å²) in [6, 6.07) is 0. The average Bonchev–Trinajstić information content (AvgIpc) is 2.86. The Kier molecular flexibility index (Phi) is 3.64. The van der Waals surface area contributed by atoms with Crippen LogP contribution in [0.5, 0.6) is 0 Å². The van der Waals surface area contributed by atoms with Gasteiger partial charge in [0.25, 0.3) is 0 Å². The zero-order valence-electron chi connectivity index (χ0n) is 11.4. The Morgan fingerprint density at radius 2 is 1.89 bits per heavy atom. The molecule has 0 N–H and O–H groups in total. The Hall–Kier alpha value is -1.06. The van der Waals surface area contributed by atoms with Crippen molar-refractivity contribution in [2.75, 3.05) is 6.61 Å². The van der Waals surface area contributed by atoms with E-state index in [0.717, 1.165) is 12.3 Å². The maximum absolute atomic E-state index is 11.6. The molecule has 0 aromatic heterocycles. The van der Waals surface area contributed by atoms with Gasteiger partial charge in [-0.3, -0.25) is 4.79 Å². The fourth-order valence-corrected chi connectivity index (χ4v) is 2.87. The number of esters is 2. The number of carbonyl (C=O) groups excluding carboxylic acids is 2. The third-order valence-corrected chi connectivity index (χ3v) is 3.89. The van der Waals surface area contributed by atoms with Crippen LogP contribution in [-0.4, -0.2) is 24.6 Å². The summed E-state index contributed by atoms with van der Waals surface area (Å²) in [5.74, 6) is 0.500. The topological polar surface area (TPSA) is 52.6 Å². The van der Waals surface area contributed by atoms with Gasteiger partial charge in [-0.2, -0.15) is 0 Å². The number of rotatable bonds is 3. The summed E-state index contributed by atoms with van der Waals surface area (Å²) in [7, 11) is 0. The normalized spacial score (nSPS) is 30.3. The van der Waals surface area contributed by atoms with Gasteiger partial charge in [0.1, 0.15) is 6.10 Å². The van der Waals surface area contributed by atoms with E-state index in [4.69, 9.17) is 9.47 Å². The fraction of sp³-hybridized carbons (Fsp3) is 0.857. The molecule has 0 aromatic rings. The molecule has 0 amide bonds. The number of carbonyl (C=O) groups is 2. The van der Waals surface area contributed by atoms with Crippen LogP contribution in [0.15, 0.2) is 0 Å². The highest BCUT2D eigenvalue weighted by Crippen LogP contribution is 2.45. The minimum atomic E-state index is -0.577. The van der Waals surface area contributed by atoms with Gasteiger partial charge < -0.3 is 9.47 Å². The second kappa shape index (κ2) is 4.90. The first kappa shape index (κ1) is 13.4. The Labute approximate surface area is 108 Å². The summed E-state index contributed by atoms with van der Waals surface area (Å²) in [4.78, 5) is 23.1. The summed E-state index contributed by atoms with van der Waals surface area (Å²) < 4.78 is 10.3. The molecule has 4 nitrogen and oxygen atoms in total. The molecule has 2 aliphatic rings. The van der Waals surface area contributed by atoms with Crippen molar-refractivity contribution in [2.45, 2.75) is 52.6 Å². The second-order valence-corrected chi connectivity index (χ2v) is 6.53. The van der Waals surface area contributed by atoms with Gasteiger partial charge in [-0.25, -0.2) is 4.79 Å². The van der Waals surface area contributed by atoms with Crippen molar-refractivity contribution in [3.8, 4) is 0 Å². The van der Waals surface area contributed by atoms with Crippen LogP contribution < -0.4 is 0 Å². The highest BCUT2D eigenvalue weighted by atomic mass is 16.6. The third kappa shape index (κ3) is 3.03. The van der Waals surface area contributed by atoms with Crippen LogP contribution >= 0.6 is 0 Å². The van der Waals surface area contributed by atoms with E-state index in [0.29, 0.717) is 5.92 Å². The van der Waals surface area contributed by atoms with Gasteiger partial charge in [-0.15, -0.1) is 0 Å². The molecule has 102 valence electrons. The van der Waals surface area contributed by atoms with Gasteiger partial charge in [0.15, 0.2) is 6.61 Å². The van der Waals surface area contributed by atoms with Crippen molar-refractivity contribution in [3.05, 3.63) is 0 Å². The molecule has 0 radical (unpaired) electrons. The van der Waals surface area contributed by atoms with E-state index < -0.39 is 11.4 Å². The zero-order chi connectivity index (χ0) is 13.3. The summed E-state index contributed by atoms with van der Waals surface area (Å²) in [6.45, 7) is 5.02.